The van der Waals surface area contributed by atoms with Crippen LogP contribution in [-0.2, 0) is 9.53 Å². The SMILES string of the molecule is CCOC(=O)c1c(C2CC2)csc1NC(=O)C[NH+]1CCCCCC1. The predicted octanol–water partition coefficient (Wildman–Crippen LogP) is 2.20. The van der Waals surface area contributed by atoms with E-state index in [2.05, 4.69) is 5.32 Å². The fraction of sp³-hybridized carbons (Fsp3) is 0.667. The number of amides is 1. The number of ether oxygens (including phenoxy) is 1. The van der Waals surface area contributed by atoms with Crippen LogP contribution in [0.2, 0.25) is 0 Å². The van der Waals surface area contributed by atoms with Crippen molar-refractivity contribution in [2.75, 3.05) is 31.6 Å². The second-order valence-electron chi connectivity index (χ2n) is 6.78. The van der Waals surface area contributed by atoms with Crippen LogP contribution in [0.1, 0.15) is 67.3 Å². The molecule has 2 heterocycles. The first-order chi connectivity index (χ1) is 11.7. The molecule has 1 aromatic heterocycles. The summed E-state index contributed by atoms with van der Waals surface area (Å²) in [5.41, 5.74) is 1.64. The van der Waals surface area contributed by atoms with Gasteiger partial charge in [0, 0.05) is 0 Å². The molecule has 0 aromatic carbocycles. The van der Waals surface area contributed by atoms with Crippen molar-refractivity contribution >= 4 is 28.2 Å². The number of likely N-dealkylation sites (tertiary alicyclic amines) is 1. The molecule has 2 aliphatic rings. The second-order valence-corrected chi connectivity index (χ2v) is 7.66. The summed E-state index contributed by atoms with van der Waals surface area (Å²) in [6.07, 6.45) is 7.17. The number of nitrogens with one attached hydrogen (secondary N) is 2. The van der Waals surface area contributed by atoms with Crippen LogP contribution < -0.4 is 10.2 Å². The first-order valence-electron chi connectivity index (χ1n) is 9.11. The number of thiophene rings is 1. The van der Waals surface area contributed by atoms with E-state index in [-0.39, 0.29) is 11.9 Å². The van der Waals surface area contributed by atoms with E-state index in [4.69, 9.17) is 4.74 Å². The third-order valence-corrected chi connectivity index (χ3v) is 5.70. The number of quaternary nitrogens is 1. The quantitative estimate of drug-likeness (QED) is 0.773. The van der Waals surface area contributed by atoms with E-state index >= 15 is 0 Å². The highest BCUT2D eigenvalue weighted by molar-refractivity contribution is 7.15. The number of hydrogen-bond donors (Lipinski definition) is 2. The molecular weight excluding hydrogens is 324 g/mol. The summed E-state index contributed by atoms with van der Waals surface area (Å²) in [7, 11) is 0. The van der Waals surface area contributed by atoms with Crippen LogP contribution in [-0.4, -0.2) is 38.1 Å². The lowest BCUT2D eigenvalue weighted by molar-refractivity contribution is -0.890. The van der Waals surface area contributed by atoms with Gasteiger partial charge in [-0.15, -0.1) is 11.3 Å². The van der Waals surface area contributed by atoms with Crippen LogP contribution in [0.3, 0.4) is 0 Å². The van der Waals surface area contributed by atoms with E-state index in [1.54, 1.807) is 0 Å². The maximum Gasteiger partial charge on any atom is 0.341 e. The Hall–Kier alpha value is -1.40. The summed E-state index contributed by atoms with van der Waals surface area (Å²) in [5, 5.41) is 5.65. The summed E-state index contributed by atoms with van der Waals surface area (Å²) in [5.74, 6) is 0.155. The van der Waals surface area contributed by atoms with Crippen LogP contribution in [0.15, 0.2) is 5.38 Å². The lowest BCUT2D eigenvalue weighted by atomic mass is 10.1. The van der Waals surface area contributed by atoms with Crippen molar-refractivity contribution in [2.45, 2.75) is 51.4 Å². The van der Waals surface area contributed by atoms with Crippen LogP contribution in [0.4, 0.5) is 5.00 Å². The van der Waals surface area contributed by atoms with Crippen molar-refractivity contribution in [2.24, 2.45) is 0 Å². The van der Waals surface area contributed by atoms with Crippen molar-refractivity contribution in [1.82, 2.24) is 0 Å². The third kappa shape index (κ3) is 4.36. The van der Waals surface area contributed by atoms with E-state index in [0.29, 0.717) is 29.6 Å². The van der Waals surface area contributed by atoms with Gasteiger partial charge in [-0.2, -0.15) is 0 Å². The molecule has 3 rings (SSSR count). The standard InChI is InChI=1S/C18H26N2O3S/c1-2-23-18(22)16-14(13-7-8-13)12-24-17(16)19-15(21)11-20-9-5-3-4-6-10-20/h12-13H,2-11H2,1H3,(H,19,21)/p+1. The average molecular weight is 351 g/mol. The number of rotatable bonds is 6. The van der Waals surface area contributed by atoms with Gasteiger partial charge in [0.1, 0.15) is 5.00 Å². The van der Waals surface area contributed by atoms with Gasteiger partial charge in [-0.1, -0.05) is 0 Å². The Morgan fingerprint density at radius 3 is 2.58 bits per heavy atom. The van der Waals surface area contributed by atoms with Gasteiger partial charge in [0.15, 0.2) is 6.54 Å². The summed E-state index contributed by atoms with van der Waals surface area (Å²) < 4.78 is 5.20. The first-order valence-corrected chi connectivity index (χ1v) is 9.99. The zero-order valence-electron chi connectivity index (χ0n) is 14.4. The summed E-state index contributed by atoms with van der Waals surface area (Å²) in [4.78, 5) is 26.1. The largest absolute Gasteiger partial charge is 0.462 e. The maximum atomic E-state index is 12.4. The van der Waals surface area contributed by atoms with Gasteiger partial charge in [0.05, 0.1) is 25.3 Å². The Morgan fingerprint density at radius 1 is 1.25 bits per heavy atom. The molecule has 24 heavy (non-hydrogen) atoms. The minimum atomic E-state index is -0.307. The van der Waals surface area contributed by atoms with Gasteiger partial charge in [-0.05, 0) is 62.3 Å². The van der Waals surface area contributed by atoms with Gasteiger partial charge in [-0.3, -0.25) is 4.79 Å². The molecule has 1 aliphatic carbocycles. The van der Waals surface area contributed by atoms with E-state index in [9.17, 15) is 9.59 Å². The fourth-order valence-corrected chi connectivity index (χ4v) is 4.42. The highest BCUT2D eigenvalue weighted by Gasteiger charge is 2.32. The lowest BCUT2D eigenvalue weighted by Gasteiger charge is -2.16. The Balaban J connectivity index is 1.67. The normalized spacial score (nSPS) is 18.9. The molecular formula is C18H27N2O3S+. The number of anilines is 1. The van der Waals surface area contributed by atoms with Crippen molar-refractivity contribution < 1.29 is 19.2 Å². The second kappa shape index (κ2) is 8.12. The number of carbonyl (C=O) groups is 2. The Labute approximate surface area is 147 Å². The van der Waals surface area contributed by atoms with Crippen LogP contribution >= 0.6 is 11.3 Å². The molecule has 1 saturated carbocycles. The minimum Gasteiger partial charge on any atom is -0.462 e. The highest BCUT2D eigenvalue weighted by atomic mass is 32.1. The molecule has 5 nitrogen and oxygen atoms in total. The van der Waals surface area contributed by atoms with Crippen molar-refractivity contribution in [1.29, 1.82) is 0 Å². The molecule has 1 saturated heterocycles. The van der Waals surface area contributed by atoms with E-state index in [0.717, 1.165) is 31.5 Å². The van der Waals surface area contributed by atoms with Gasteiger partial charge in [0.25, 0.3) is 5.91 Å². The monoisotopic (exact) mass is 351 g/mol. The average Bonchev–Trinajstić information content (AvgIpc) is 3.34. The van der Waals surface area contributed by atoms with Gasteiger partial charge in [0.2, 0.25) is 0 Å². The number of esters is 1. The Morgan fingerprint density at radius 2 is 1.96 bits per heavy atom. The number of carbonyl (C=O) groups excluding carboxylic acids is 2. The molecule has 0 spiro atoms. The molecule has 2 N–H and O–H groups in total. The molecule has 132 valence electrons. The Bertz CT molecular complexity index is 587. The van der Waals surface area contributed by atoms with Gasteiger partial charge < -0.3 is 15.0 Å². The molecule has 1 aliphatic heterocycles. The van der Waals surface area contributed by atoms with Crippen LogP contribution in [0.5, 0.6) is 0 Å². The van der Waals surface area contributed by atoms with E-state index in [1.165, 1.54) is 41.9 Å². The van der Waals surface area contributed by atoms with E-state index in [1.807, 2.05) is 12.3 Å². The first kappa shape index (κ1) is 17.4. The zero-order chi connectivity index (χ0) is 16.9. The molecule has 6 heteroatoms. The molecule has 0 radical (unpaired) electrons. The molecule has 0 unspecified atom stereocenters. The van der Waals surface area contributed by atoms with Crippen molar-refractivity contribution in [3.8, 4) is 0 Å². The molecule has 1 aromatic rings. The van der Waals surface area contributed by atoms with Crippen LogP contribution in [0.25, 0.3) is 0 Å². The summed E-state index contributed by atoms with van der Waals surface area (Å²) >= 11 is 1.45. The minimum absolute atomic E-state index is 0.00152. The number of hydrogen-bond acceptors (Lipinski definition) is 4. The summed E-state index contributed by atoms with van der Waals surface area (Å²) in [6.45, 7) is 4.77. The Kier molecular flexibility index (Phi) is 5.89. The fourth-order valence-electron chi connectivity index (χ4n) is 3.38. The lowest BCUT2D eigenvalue weighted by Crippen LogP contribution is -3.12. The topological polar surface area (TPSA) is 59.8 Å². The third-order valence-electron chi connectivity index (χ3n) is 4.79. The predicted molar refractivity (Wildman–Crippen MR) is 94.9 cm³/mol. The van der Waals surface area contributed by atoms with Crippen molar-refractivity contribution in [3.63, 3.8) is 0 Å². The van der Waals surface area contributed by atoms with Gasteiger partial charge in [-0.25, -0.2) is 4.79 Å². The molecule has 0 bridgehead atoms. The van der Waals surface area contributed by atoms with Crippen LogP contribution in [0, 0.1) is 0 Å². The summed E-state index contributed by atoms with van der Waals surface area (Å²) in [6, 6.07) is 0. The van der Waals surface area contributed by atoms with Crippen molar-refractivity contribution in [3.05, 3.63) is 16.5 Å². The highest BCUT2D eigenvalue weighted by Crippen LogP contribution is 2.46. The molecule has 1 amide bonds. The molecule has 2 fully saturated rings. The smallest absolute Gasteiger partial charge is 0.341 e. The molecule has 0 atom stereocenters. The van der Waals surface area contributed by atoms with Gasteiger partial charge >= 0.3 is 5.97 Å². The zero-order valence-corrected chi connectivity index (χ0v) is 15.2. The maximum absolute atomic E-state index is 12.4. The van der Waals surface area contributed by atoms with E-state index < -0.39 is 0 Å².